The minimum Gasteiger partial charge on any atom is -0.399 e. The maximum Gasteiger partial charge on any atom is 0.0360 e. The van der Waals surface area contributed by atoms with Crippen LogP contribution in [0.3, 0.4) is 0 Å². The number of benzene rings is 1. The van der Waals surface area contributed by atoms with E-state index in [0.717, 1.165) is 24.3 Å². The van der Waals surface area contributed by atoms with Gasteiger partial charge in [-0.15, -0.1) is 0 Å². The number of nitrogens with one attached hydrogen (secondary N) is 1. The van der Waals surface area contributed by atoms with Gasteiger partial charge in [0.25, 0.3) is 0 Å². The van der Waals surface area contributed by atoms with Crippen LogP contribution in [0.4, 0.5) is 11.4 Å². The first-order chi connectivity index (χ1) is 7.34. The van der Waals surface area contributed by atoms with Gasteiger partial charge in [0, 0.05) is 17.9 Å². The minimum atomic E-state index is 0.801. The molecule has 2 nitrogen and oxygen atoms in total. The second-order valence-corrected chi connectivity index (χ2v) is 4.21. The molecule has 15 heavy (non-hydrogen) atoms. The molecule has 1 heterocycles. The van der Waals surface area contributed by atoms with Crippen molar-refractivity contribution in [1.82, 2.24) is 0 Å². The van der Waals surface area contributed by atoms with Crippen LogP contribution in [0, 0.1) is 0 Å². The van der Waals surface area contributed by atoms with Crippen LogP contribution in [0.5, 0.6) is 0 Å². The Morgan fingerprint density at radius 3 is 2.93 bits per heavy atom. The minimum absolute atomic E-state index is 0.801. The van der Waals surface area contributed by atoms with Gasteiger partial charge in [-0.2, -0.15) is 11.3 Å². The third kappa shape index (κ3) is 2.99. The van der Waals surface area contributed by atoms with Crippen molar-refractivity contribution in [3.8, 4) is 0 Å². The van der Waals surface area contributed by atoms with Crippen LogP contribution in [-0.4, -0.2) is 6.54 Å². The molecule has 0 amide bonds. The normalized spacial score (nSPS) is 10.1. The molecule has 0 saturated carbocycles. The third-order valence-electron chi connectivity index (χ3n) is 2.21. The zero-order chi connectivity index (χ0) is 10.5. The summed E-state index contributed by atoms with van der Waals surface area (Å²) in [6.45, 7) is 0.945. The molecule has 0 spiro atoms. The Morgan fingerprint density at radius 2 is 2.20 bits per heavy atom. The molecule has 0 aliphatic heterocycles. The monoisotopic (exact) mass is 218 g/mol. The predicted octanol–water partition coefficient (Wildman–Crippen LogP) is 2.98. The third-order valence-corrected chi connectivity index (χ3v) is 2.94. The average molecular weight is 218 g/mol. The zero-order valence-corrected chi connectivity index (χ0v) is 9.26. The van der Waals surface area contributed by atoms with Gasteiger partial charge >= 0.3 is 0 Å². The molecule has 0 aliphatic carbocycles. The number of nitrogen functional groups attached to an aromatic ring is 1. The van der Waals surface area contributed by atoms with Crippen molar-refractivity contribution in [1.29, 1.82) is 0 Å². The highest BCUT2D eigenvalue weighted by Gasteiger charge is 1.94. The lowest BCUT2D eigenvalue weighted by Crippen LogP contribution is -2.04. The van der Waals surface area contributed by atoms with Crippen molar-refractivity contribution >= 4 is 22.7 Å². The summed E-state index contributed by atoms with van der Waals surface area (Å²) in [4.78, 5) is 0. The van der Waals surface area contributed by atoms with Crippen molar-refractivity contribution in [2.75, 3.05) is 17.6 Å². The molecule has 0 bridgehead atoms. The molecule has 0 radical (unpaired) electrons. The summed E-state index contributed by atoms with van der Waals surface area (Å²) >= 11 is 1.74. The van der Waals surface area contributed by atoms with Crippen LogP contribution in [0.15, 0.2) is 41.1 Å². The number of thiophene rings is 1. The van der Waals surface area contributed by atoms with E-state index in [1.165, 1.54) is 5.56 Å². The summed E-state index contributed by atoms with van der Waals surface area (Å²) in [7, 11) is 0. The smallest absolute Gasteiger partial charge is 0.0360 e. The number of nitrogens with two attached hydrogens (primary N) is 1. The van der Waals surface area contributed by atoms with E-state index in [1.54, 1.807) is 11.3 Å². The van der Waals surface area contributed by atoms with Crippen molar-refractivity contribution < 1.29 is 0 Å². The molecular weight excluding hydrogens is 204 g/mol. The molecule has 2 rings (SSSR count). The molecule has 3 N–H and O–H groups in total. The van der Waals surface area contributed by atoms with Crippen LogP contribution in [0.25, 0.3) is 0 Å². The summed E-state index contributed by atoms with van der Waals surface area (Å²) in [5.41, 5.74) is 8.96. The summed E-state index contributed by atoms with van der Waals surface area (Å²) in [5.74, 6) is 0. The van der Waals surface area contributed by atoms with Gasteiger partial charge in [0.1, 0.15) is 0 Å². The molecule has 2 aromatic rings. The Hall–Kier alpha value is -1.48. The van der Waals surface area contributed by atoms with Crippen molar-refractivity contribution in [3.05, 3.63) is 46.7 Å². The fourth-order valence-corrected chi connectivity index (χ4v) is 2.14. The largest absolute Gasteiger partial charge is 0.399 e. The van der Waals surface area contributed by atoms with Crippen LogP contribution in [0.2, 0.25) is 0 Å². The van der Waals surface area contributed by atoms with Gasteiger partial charge in [-0.25, -0.2) is 0 Å². The summed E-state index contributed by atoms with van der Waals surface area (Å²) in [6.07, 6.45) is 1.05. The first-order valence-electron chi connectivity index (χ1n) is 4.95. The van der Waals surface area contributed by atoms with E-state index in [4.69, 9.17) is 5.73 Å². The van der Waals surface area contributed by atoms with Crippen LogP contribution in [0.1, 0.15) is 5.56 Å². The number of hydrogen-bond donors (Lipinski definition) is 2. The molecule has 1 aromatic heterocycles. The SMILES string of the molecule is Nc1cccc(NCCc2ccsc2)c1. The molecule has 0 atom stereocenters. The highest BCUT2D eigenvalue weighted by molar-refractivity contribution is 7.07. The maximum atomic E-state index is 5.69. The lowest BCUT2D eigenvalue weighted by Gasteiger charge is -2.05. The summed E-state index contributed by atoms with van der Waals surface area (Å²) in [6, 6.07) is 10.00. The Balaban J connectivity index is 1.83. The van der Waals surface area contributed by atoms with Crippen LogP contribution < -0.4 is 11.1 Å². The van der Waals surface area contributed by atoms with Gasteiger partial charge in [-0.05, 0) is 47.0 Å². The Labute approximate surface area is 93.7 Å². The van der Waals surface area contributed by atoms with Gasteiger partial charge in [-0.3, -0.25) is 0 Å². The predicted molar refractivity (Wildman–Crippen MR) is 67.4 cm³/mol. The summed E-state index contributed by atoms with van der Waals surface area (Å²) < 4.78 is 0. The molecule has 0 fully saturated rings. The number of anilines is 2. The quantitative estimate of drug-likeness (QED) is 0.774. The van der Waals surface area contributed by atoms with Gasteiger partial charge in [-0.1, -0.05) is 6.07 Å². The maximum absolute atomic E-state index is 5.69. The van der Waals surface area contributed by atoms with Gasteiger partial charge in [0.2, 0.25) is 0 Å². The van der Waals surface area contributed by atoms with Gasteiger partial charge in [0.15, 0.2) is 0 Å². The van der Waals surface area contributed by atoms with Crippen LogP contribution in [-0.2, 0) is 6.42 Å². The lowest BCUT2D eigenvalue weighted by molar-refractivity contribution is 1.03. The van der Waals surface area contributed by atoms with E-state index in [1.807, 2.05) is 24.3 Å². The fraction of sp³-hybridized carbons (Fsp3) is 0.167. The number of rotatable bonds is 4. The highest BCUT2D eigenvalue weighted by Crippen LogP contribution is 2.12. The molecular formula is C12H14N2S. The molecule has 3 heteroatoms. The summed E-state index contributed by atoms with van der Waals surface area (Å²) in [5, 5.41) is 7.64. The van der Waals surface area contributed by atoms with Crippen molar-refractivity contribution in [3.63, 3.8) is 0 Å². The molecule has 0 aliphatic rings. The van der Waals surface area contributed by atoms with E-state index in [0.29, 0.717) is 0 Å². The van der Waals surface area contributed by atoms with E-state index < -0.39 is 0 Å². The second-order valence-electron chi connectivity index (χ2n) is 3.43. The van der Waals surface area contributed by atoms with Gasteiger partial charge in [0.05, 0.1) is 0 Å². The fourth-order valence-electron chi connectivity index (χ4n) is 1.43. The zero-order valence-electron chi connectivity index (χ0n) is 8.44. The van der Waals surface area contributed by atoms with Crippen molar-refractivity contribution in [2.45, 2.75) is 6.42 Å². The van der Waals surface area contributed by atoms with Crippen LogP contribution >= 0.6 is 11.3 Å². The van der Waals surface area contributed by atoms with Crippen molar-refractivity contribution in [2.24, 2.45) is 0 Å². The Kier molecular flexibility index (Phi) is 3.25. The van der Waals surface area contributed by atoms with E-state index >= 15 is 0 Å². The molecule has 0 unspecified atom stereocenters. The first kappa shape index (κ1) is 10.1. The first-order valence-corrected chi connectivity index (χ1v) is 5.89. The second kappa shape index (κ2) is 4.84. The Bertz CT molecular complexity index is 409. The standard InChI is InChI=1S/C12H14N2S/c13-11-2-1-3-12(8-11)14-6-4-10-5-7-15-9-10/h1-3,5,7-9,14H,4,6,13H2. The number of hydrogen-bond acceptors (Lipinski definition) is 3. The van der Waals surface area contributed by atoms with E-state index in [9.17, 15) is 0 Å². The Morgan fingerprint density at radius 1 is 1.27 bits per heavy atom. The average Bonchev–Trinajstić information content (AvgIpc) is 2.71. The molecule has 78 valence electrons. The topological polar surface area (TPSA) is 38.0 Å². The van der Waals surface area contributed by atoms with E-state index in [2.05, 4.69) is 22.1 Å². The molecule has 1 aromatic carbocycles. The van der Waals surface area contributed by atoms with E-state index in [-0.39, 0.29) is 0 Å². The highest BCUT2D eigenvalue weighted by atomic mass is 32.1. The van der Waals surface area contributed by atoms with Gasteiger partial charge < -0.3 is 11.1 Å². The lowest BCUT2D eigenvalue weighted by atomic mass is 10.2. The molecule has 0 saturated heterocycles.